The van der Waals surface area contributed by atoms with Crippen LogP contribution in [0.15, 0.2) is 29.1 Å². The fourth-order valence-electron chi connectivity index (χ4n) is 3.00. The molecule has 0 amide bonds. The molecule has 1 N–H and O–H groups in total. The summed E-state index contributed by atoms with van der Waals surface area (Å²) >= 11 is 1.60. The number of carboxylic acids is 1. The van der Waals surface area contributed by atoms with Gasteiger partial charge in [0.15, 0.2) is 0 Å². The number of carbonyl (C=O) groups excluding carboxylic acids is 1. The topological polar surface area (TPSA) is 85.9 Å². The van der Waals surface area contributed by atoms with Crippen molar-refractivity contribution in [1.82, 2.24) is 9.97 Å². The highest BCUT2D eigenvalue weighted by atomic mass is 32.1. The lowest BCUT2D eigenvalue weighted by molar-refractivity contribution is -0.255. The quantitative estimate of drug-likeness (QED) is 0.792. The van der Waals surface area contributed by atoms with Crippen LogP contribution in [0.25, 0.3) is 22.4 Å². The number of carboxylic acid groups (broad SMARTS) is 1. The maximum atomic E-state index is 12.4. The van der Waals surface area contributed by atoms with Crippen LogP contribution < -0.4 is 10.7 Å². The molecule has 6 heteroatoms. The molecule has 0 fully saturated rings. The van der Waals surface area contributed by atoms with E-state index >= 15 is 0 Å². The summed E-state index contributed by atoms with van der Waals surface area (Å²) in [5, 5.41) is 11.5. The summed E-state index contributed by atoms with van der Waals surface area (Å²) in [6.45, 7) is 0. The van der Waals surface area contributed by atoms with Crippen molar-refractivity contribution in [2.45, 2.75) is 19.3 Å². The molecule has 0 bridgehead atoms. The first-order chi connectivity index (χ1) is 11.6. The number of hydrogen-bond acceptors (Lipinski definition) is 5. The van der Waals surface area contributed by atoms with Gasteiger partial charge in [0.2, 0.25) is 0 Å². The third-order valence-corrected chi connectivity index (χ3v) is 5.36. The van der Waals surface area contributed by atoms with Crippen LogP contribution in [0.2, 0.25) is 0 Å². The molecule has 0 saturated carbocycles. The van der Waals surface area contributed by atoms with Crippen molar-refractivity contribution in [2.24, 2.45) is 0 Å². The minimum Gasteiger partial charge on any atom is -0.545 e. The highest BCUT2D eigenvalue weighted by Crippen LogP contribution is 2.34. The molecule has 3 aromatic rings. The van der Waals surface area contributed by atoms with Gasteiger partial charge < -0.3 is 14.9 Å². The van der Waals surface area contributed by atoms with Crippen molar-refractivity contribution >= 4 is 39.7 Å². The Hall–Kier alpha value is -2.73. The molecular formula is C18H13N2O3S-. The van der Waals surface area contributed by atoms with Crippen LogP contribution in [0.4, 0.5) is 0 Å². The fourth-order valence-corrected chi connectivity index (χ4v) is 4.27. The van der Waals surface area contributed by atoms with Gasteiger partial charge in [-0.3, -0.25) is 4.79 Å². The van der Waals surface area contributed by atoms with Crippen LogP contribution in [-0.2, 0) is 12.8 Å². The first-order valence-corrected chi connectivity index (χ1v) is 8.47. The van der Waals surface area contributed by atoms with E-state index in [1.165, 1.54) is 17.0 Å². The van der Waals surface area contributed by atoms with Gasteiger partial charge in [-0.15, -0.1) is 11.3 Å². The number of aryl methyl sites for hydroxylation is 2. The van der Waals surface area contributed by atoms with Gasteiger partial charge in [-0.05, 0) is 42.0 Å². The normalized spacial score (nSPS) is 13.7. The van der Waals surface area contributed by atoms with Gasteiger partial charge in [-0.1, -0.05) is 30.3 Å². The Morgan fingerprint density at radius 2 is 2.00 bits per heavy atom. The SMILES string of the molecule is O=C([O-])c1ccc(/C=C/c2nc3sc4c(c3c(=O)[nH]2)CCC4)cc1. The number of H-pyrrole nitrogens is 1. The highest BCUT2D eigenvalue weighted by molar-refractivity contribution is 7.18. The number of benzene rings is 1. The van der Waals surface area contributed by atoms with Crippen molar-refractivity contribution in [2.75, 3.05) is 0 Å². The summed E-state index contributed by atoms with van der Waals surface area (Å²) in [6.07, 6.45) is 6.61. The summed E-state index contributed by atoms with van der Waals surface area (Å²) < 4.78 is 0. The second-order valence-electron chi connectivity index (χ2n) is 5.73. The molecule has 2 aromatic heterocycles. The van der Waals surface area contributed by atoms with Gasteiger partial charge in [0.1, 0.15) is 10.7 Å². The first-order valence-electron chi connectivity index (χ1n) is 7.66. The predicted octanol–water partition coefficient (Wildman–Crippen LogP) is 2.01. The predicted molar refractivity (Wildman–Crippen MR) is 92.0 cm³/mol. The van der Waals surface area contributed by atoms with Gasteiger partial charge in [-0.2, -0.15) is 0 Å². The molecule has 24 heavy (non-hydrogen) atoms. The maximum absolute atomic E-state index is 12.4. The van der Waals surface area contributed by atoms with E-state index < -0.39 is 5.97 Å². The smallest absolute Gasteiger partial charge is 0.260 e. The Kier molecular flexibility index (Phi) is 3.54. The third-order valence-electron chi connectivity index (χ3n) is 4.17. The molecule has 0 aliphatic heterocycles. The number of aromatic carboxylic acids is 1. The number of hydrogen-bond donors (Lipinski definition) is 1. The van der Waals surface area contributed by atoms with Crippen LogP contribution >= 0.6 is 11.3 Å². The zero-order valence-electron chi connectivity index (χ0n) is 12.7. The van der Waals surface area contributed by atoms with Crippen LogP contribution in [0, 0.1) is 0 Å². The minimum absolute atomic E-state index is 0.0913. The van der Waals surface area contributed by atoms with Gasteiger partial charge in [0.25, 0.3) is 5.56 Å². The van der Waals surface area contributed by atoms with Gasteiger partial charge in [0, 0.05) is 4.88 Å². The van der Waals surface area contributed by atoms with Crippen molar-refractivity contribution in [3.05, 3.63) is 62.0 Å². The summed E-state index contributed by atoms with van der Waals surface area (Å²) in [4.78, 5) is 32.5. The zero-order chi connectivity index (χ0) is 16.7. The number of carbonyl (C=O) groups is 1. The molecule has 5 nitrogen and oxygen atoms in total. The van der Waals surface area contributed by atoms with Crippen LogP contribution in [-0.4, -0.2) is 15.9 Å². The average Bonchev–Trinajstić information content (AvgIpc) is 3.13. The van der Waals surface area contributed by atoms with Gasteiger partial charge >= 0.3 is 0 Å². The molecular weight excluding hydrogens is 324 g/mol. The van der Waals surface area contributed by atoms with E-state index in [2.05, 4.69) is 9.97 Å². The number of rotatable bonds is 3. The lowest BCUT2D eigenvalue weighted by Gasteiger charge is -2.01. The average molecular weight is 337 g/mol. The number of nitrogens with zero attached hydrogens (tertiary/aromatic N) is 1. The van der Waals surface area contributed by atoms with E-state index in [9.17, 15) is 14.7 Å². The Morgan fingerprint density at radius 3 is 2.75 bits per heavy atom. The summed E-state index contributed by atoms with van der Waals surface area (Å²) in [6, 6.07) is 6.33. The van der Waals surface area contributed by atoms with Gasteiger partial charge in [-0.25, -0.2) is 4.98 Å². The highest BCUT2D eigenvalue weighted by Gasteiger charge is 2.20. The second-order valence-corrected chi connectivity index (χ2v) is 6.82. The molecule has 4 rings (SSSR count). The first kappa shape index (κ1) is 14.8. The standard InChI is InChI=1S/C18H14N2O3S/c21-16-15-12-2-1-3-13(12)24-17(15)20-14(19-16)9-6-10-4-7-11(8-5-10)18(22)23/h4-9H,1-3H2,(H,22,23)(H,19,20,21)/p-1/b9-6+. The minimum atomic E-state index is -1.20. The van der Waals surface area contributed by atoms with Crippen LogP contribution in [0.1, 0.15) is 38.6 Å². The molecule has 2 heterocycles. The Labute approximate surface area is 141 Å². The second kappa shape index (κ2) is 5.72. The molecule has 0 saturated heterocycles. The van der Waals surface area contributed by atoms with E-state index in [1.807, 2.05) is 0 Å². The monoisotopic (exact) mass is 337 g/mol. The summed E-state index contributed by atoms with van der Waals surface area (Å²) in [5.74, 6) is -0.705. The number of nitrogens with one attached hydrogen (secondary N) is 1. The summed E-state index contributed by atoms with van der Waals surface area (Å²) in [5.41, 5.74) is 2.02. The van der Waals surface area contributed by atoms with E-state index in [0.29, 0.717) is 5.82 Å². The van der Waals surface area contributed by atoms with Crippen molar-refractivity contribution in [3.8, 4) is 0 Å². The van der Waals surface area contributed by atoms with E-state index in [4.69, 9.17) is 0 Å². The number of aromatic nitrogens is 2. The molecule has 1 aliphatic carbocycles. The summed E-state index contributed by atoms with van der Waals surface area (Å²) in [7, 11) is 0. The molecule has 0 radical (unpaired) electrons. The van der Waals surface area contributed by atoms with Crippen molar-refractivity contribution < 1.29 is 9.90 Å². The van der Waals surface area contributed by atoms with Gasteiger partial charge in [0.05, 0.1) is 11.4 Å². The van der Waals surface area contributed by atoms with Crippen molar-refractivity contribution in [3.63, 3.8) is 0 Å². The van der Waals surface area contributed by atoms with Crippen molar-refractivity contribution in [1.29, 1.82) is 0 Å². The lowest BCUT2D eigenvalue weighted by atomic mass is 10.1. The van der Waals surface area contributed by atoms with Crippen LogP contribution in [0.5, 0.6) is 0 Å². The fraction of sp³-hybridized carbons (Fsp3) is 0.167. The van der Waals surface area contributed by atoms with Crippen LogP contribution in [0.3, 0.4) is 0 Å². The largest absolute Gasteiger partial charge is 0.545 e. The van der Waals surface area contributed by atoms with E-state index in [-0.39, 0.29) is 11.1 Å². The Morgan fingerprint density at radius 1 is 1.21 bits per heavy atom. The Balaban J connectivity index is 1.67. The molecule has 0 atom stereocenters. The number of fused-ring (bicyclic) bond motifs is 3. The number of thiophene rings is 1. The third kappa shape index (κ3) is 2.55. The Bertz CT molecular complexity index is 1030. The molecule has 120 valence electrons. The van der Waals surface area contributed by atoms with E-state index in [1.54, 1.807) is 35.6 Å². The maximum Gasteiger partial charge on any atom is 0.260 e. The lowest BCUT2D eigenvalue weighted by Crippen LogP contribution is -2.21. The zero-order valence-corrected chi connectivity index (χ0v) is 13.5. The number of aromatic amines is 1. The molecule has 1 aliphatic rings. The molecule has 1 aromatic carbocycles. The van der Waals surface area contributed by atoms with E-state index in [0.717, 1.165) is 40.6 Å². The molecule has 0 unspecified atom stereocenters. The molecule has 0 spiro atoms.